The van der Waals surface area contributed by atoms with Crippen molar-refractivity contribution in [3.05, 3.63) is 66.0 Å². The zero-order valence-electron chi connectivity index (χ0n) is 11.7. The summed E-state index contributed by atoms with van der Waals surface area (Å²) in [7, 11) is 1.90. The lowest BCUT2D eigenvalue weighted by Gasteiger charge is -2.07. The molecule has 21 heavy (non-hydrogen) atoms. The molecule has 0 fully saturated rings. The van der Waals surface area contributed by atoms with E-state index >= 15 is 0 Å². The molecule has 0 N–H and O–H groups in total. The highest BCUT2D eigenvalue weighted by atomic mass is 19.1. The summed E-state index contributed by atoms with van der Waals surface area (Å²) in [6.45, 7) is 0. The number of carbonyl (C=O) groups is 1. The van der Waals surface area contributed by atoms with E-state index in [9.17, 15) is 9.18 Å². The summed E-state index contributed by atoms with van der Waals surface area (Å²) in [5.74, 6) is 0.579. The predicted octanol–water partition coefficient (Wildman–Crippen LogP) is 3.53. The zero-order chi connectivity index (χ0) is 14.8. The molecule has 0 saturated carbocycles. The van der Waals surface area contributed by atoms with Crippen molar-refractivity contribution in [2.45, 2.75) is 12.8 Å². The number of halogens is 1. The molecule has 0 aliphatic rings. The number of benzene rings is 2. The first kappa shape index (κ1) is 13.5. The molecule has 0 atom stereocenters. The van der Waals surface area contributed by atoms with Gasteiger partial charge in [0.2, 0.25) is 0 Å². The first-order valence-corrected chi connectivity index (χ1v) is 6.83. The quantitative estimate of drug-likeness (QED) is 0.686. The van der Waals surface area contributed by atoms with Crippen LogP contribution >= 0.6 is 0 Å². The maximum Gasteiger partial charge on any atom is 0.163 e. The second kappa shape index (κ2) is 5.48. The van der Waals surface area contributed by atoms with Crippen molar-refractivity contribution in [1.82, 2.24) is 9.55 Å². The van der Waals surface area contributed by atoms with E-state index in [1.807, 2.05) is 23.9 Å². The van der Waals surface area contributed by atoms with E-state index in [1.54, 1.807) is 30.5 Å². The van der Waals surface area contributed by atoms with Crippen LogP contribution in [-0.2, 0) is 13.5 Å². The molecule has 1 heterocycles. The standard InChI is InChI=1S/C17H15FN2O/c1-20-11-10-19-17(20)9-8-16(21)14-6-7-15(18)13-5-3-2-4-12(13)14/h2-7,10-11H,8-9H2,1H3. The normalized spacial score (nSPS) is 11.0. The molecular weight excluding hydrogens is 267 g/mol. The van der Waals surface area contributed by atoms with E-state index in [-0.39, 0.29) is 11.6 Å². The highest BCUT2D eigenvalue weighted by Crippen LogP contribution is 2.23. The molecule has 0 amide bonds. The van der Waals surface area contributed by atoms with Crippen molar-refractivity contribution in [2.24, 2.45) is 7.05 Å². The Bertz CT molecular complexity index is 807. The molecule has 3 rings (SSSR count). The topological polar surface area (TPSA) is 34.9 Å². The molecule has 0 unspecified atom stereocenters. The van der Waals surface area contributed by atoms with Crippen LogP contribution in [0.1, 0.15) is 22.6 Å². The van der Waals surface area contributed by atoms with Crippen LogP contribution in [-0.4, -0.2) is 15.3 Å². The molecular formula is C17H15FN2O. The van der Waals surface area contributed by atoms with Crippen LogP contribution in [0.2, 0.25) is 0 Å². The van der Waals surface area contributed by atoms with Gasteiger partial charge in [-0.25, -0.2) is 9.37 Å². The van der Waals surface area contributed by atoms with Gasteiger partial charge in [0.1, 0.15) is 11.6 Å². The first-order chi connectivity index (χ1) is 10.2. The number of imidazole rings is 1. The number of hydrogen-bond acceptors (Lipinski definition) is 2. The lowest BCUT2D eigenvalue weighted by atomic mass is 9.98. The summed E-state index contributed by atoms with van der Waals surface area (Å²) in [6.07, 6.45) is 4.51. The van der Waals surface area contributed by atoms with Gasteiger partial charge in [0, 0.05) is 43.2 Å². The lowest BCUT2D eigenvalue weighted by Crippen LogP contribution is -2.05. The summed E-state index contributed by atoms with van der Waals surface area (Å²) in [5, 5.41) is 1.16. The van der Waals surface area contributed by atoms with E-state index < -0.39 is 0 Å². The van der Waals surface area contributed by atoms with Crippen molar-refractivity contribution in [1.29, 1.82) is 0 Å². The van der Waals surface area contributed by atoms with Gasteiger partial charge < -0.3 is 4.57 Å². The van der Waals surface area contributed by atoms with Crippen LogP contribution in [0.25, 0.3) is 10.8 Å². The number of aryl methyl sites for hydroxylation is 2. The Balaban J connectivity index is 1.88. The number of carbonyl (C=O) groups excluding carboxylic acids is 1. The maximum absolute atomic E-state index is 13.8. The highest BCUT2D eigenvalue weighted by Gasteiger charge is 2.13. The van der Waals surface area contributed by atoms with Gasteiger partial charge in [-0.15, -0.1) is 0 Å². The average Bonchev–Trinajstić information content (AvgIpc) is 2.91. The molecule has 4 heteroatoms. The maximum atomic E-state index is 13.8. The molecule has 0 bridgehead atoms. The van der Waals surface area contributed by atoms with Crippen LogP contribution in [0, 0.1) is 5.82 Å². The summed E-state index contributed by atoms with van der Waals surface area (Å²) in [5.41, 5.74) is 0.571. The molecule has 3 nitrogen and oxygen atoms in total. The molecule has 0 radical (unpaired) electrons. The number of hydrogen-bond donors (Lipinski definition) is 0. The minimum absolute atomic E-state index is 0.00852. The second-order valence-electron chi connectivity index (χ2n) is 5.02. The van der Waals surface area contributed by atoms with Crippen molar-refractivity contribution >= 4 is 16.6 Å². The summed E-state index contributed by atoms with van der Waals surface area (Å²) in [4.78, 5) is 16.6. The molecule has 3 aromatic rings. The third kappa shape index (κ3) is 2.57. The number of rotatable bonds is 4. The Labute approximate surface area is 122 Å². The van der Waals surface area contributed by atoms with Gasteiger partial charge in [0.05, 0.1) is 0 Å². The molecule has 0 aliphatic carbocycles. The predicted molar refractivity (Wildman–Crippen MR) is 79.8 cm³/mol. The fourth-order valence-electron chi connectivity index (χ4n) is 2.50. The van der Waals surface area contributed by atoms with Gasteiger partial charge in [-0.05, 0) is 17.5 Å². The van der Waals surface area contributed by atoms with Gasteiger partial charge in [0.15, 0.2) is 5.78 Å². The van der Waals surface area contributed by atoms with Crippen LogP contribution in [0.5, 0.6) is 0 Å². The Morgan fingerprint density at radius 2 is 1.95 bits per heavy atom. The Morgan fingerprint density at radius 1 is 1.19 bits per heavy atom. The Kier molecular flexibility index (Phi) is 3.52. The van der Waals surface area contributed by atoms with Gasteiger partial charge >= 0.3 is 0 Å². The zero-order valence-corrected chi connectivity index (χ0v) is 11.7. The SMILES string of the molecule is Cn1ccnc1CCC(=O)c1ccc(F)c2ccccc12. The van der Waals surface area contributed by atoms with Gasteiger partial charge in [0.25, 0.3) is 0 Å². The average molecular weight is 282 g/mol. The monoisotopic (exact) mass is 282 g/mol. The Morgan fingerprint density at radius 3 is 2.67 bits per heavy atom. The fraction of sp³-hybridized carbons (Fsp3) is 0.176. The van der Waals surface area contributed by atoms with E-state index in [2.05, 4.69) is 4.98 Å². The summed E-state index contributed by atoms with van der Waals surface area (Å²) in [6, 6.07) is 9.99. The minimum atomic E-state index is -0.300. The van der Waals surface area contributed by atoms with E-state index in [4.69, 9.17) is 0 Å². The molecule has 0 aliphatic heterocycles. The summed E-state index contributed by atoms with van der Waals surface area (Å²) >= 11 is 0. The van der Waals surface area contributed by atoms with Crippen LogP contribution in [0.4, 0.5) is 4.39 Å². The third-order valence-electron chi connectivity index (χ3n) is 3.67. The molecule has 1 aromatic heterocycles. The lowest BCUT2D eigenvalue weighted by molar-refractivity contribution is 0.0983. The minimum Gasteiger partial charge on any atom is -0.338 e. The number of ketones is 1. The van der Waals surface area contributed by atoms with Gasteiger partial charge in [-0.3, -0.25) is 4.79 Å². The second-order valence-corrected chi connectivity index (χ2v) is 5.02. The highest BCUT2D eigenvalue weighted by molar-refractivity contribution is 6.08. The first-order valence-electron chi connectivity index (χ1n) is 6.83. The number of aromatic nitrogens is 2. The van der Waals surface area contributed by atoms with Gasteiger partial charge in [-0.1, -0.05) is 24.3 Å². The smallest absolute Gasteiger partial charge is 0.163 e. The van der Waals surface area contributed by atoms with Crippen molar-refractivity contribution in [3.8, 4) is 0 Å². The van der Waals surface area contributed by atoms with Crippen molar-refractivity contribution in [2.75, 3.05) is 0 Å². The molecule has 0 saturated heterocycles. The van der Waals surface area contributed by atoms with Crippen LogP contribution in [0.15, 0.2) is 48.8 Å². The number of Topliss-reactive ketones (excluding diaryl/α,β-unsaturated/α-hetero) is 1. The van der Waals surface area contributed by atoms with Crippen molar-refractivity contribution < 1.29 is 9.18 Å². The largest absolute Gasteiger partial charge is 0.338 e. The van der Waals surface area contributed by atoms with Crippen LogP contribution < -0.4 is 0 Å². The van der Waals surface area contributed by atoms with E-state index in [1.165, 1.54) is 6.07 Å². The third-order valence-corrected chi connectivity index (χ3v) is 3.67. The molecule has 106 valence electrons. The summed E-state index contributed by atoms with van der Waals surface area (Å²) < 4.78 is 15.7. The molecule has 2 aromatic carbocycles. The van der Waals surface area contributed by atoms with E-state index in [0.29, 0.717) is 29.2 Å². The molecule has 0 spiro atoms. The van der Waals surface area contributed by atoms with Crippen molar-refractivity contribution in [3.63, 3.8) is 0 Å². The Hall–Kier alpha value is -2.49. The fourth-order valence-corrected chi connectivity index (χ4v) is 2.50. The van der Waals surface area contributed by atoms with Gasteiger partial charge in [-0.2, -0.15) is 0 Å². The number of nitrogens with zero attached hydrogens (tertiary/aromatic N) is 2. The van der Waals surface area contributed by atoms with E-state index in [0.717, 1.165) is 5.82 Å². The number of fused-ring (bicyclic) bond motifs is 1. The van der Waals surface area contributed by atoms with Crippen LogP contribution in [0.3, 0.4) is 0 Å².